The highest BCUT2D eigenvalue weighted by molar-refractivity contribution is 6.12. The standard InChI is InChI=1S/C23H24N4O2/c1-15(28)27-13-12-17-16-8-4-6-10-19(16)24-21(17)23(27)18-9-5-7-11-20(18)26(22(23)29)14-25(2)3/h4-11,24H,12-14H2,1-3H3/t23-/m0/s1. The van der Waals surface area contributed by atoms with Crippen LogP contribution in [0.15, 0.2) is 48.5 Å². The van der Waals surface area contributed by atoms with Crippen LogP contribution >= 0.6 is 0 Å². The Morgan fingerprint density at radius 2 is 1.86 bits per heavy atom. The van der Waals surface area contributed by atoms with Gasteiger partial charge >= 0.3 is 0 Å². The molecule has 0 fully saturated rings. The highest BCUT2D eigenvalue weighted by Crippen LogP contribution is 2.51. The van der Waals surface area contributed by atoms with Crippen LogP contribution < -0.4 is 4.90 Å². The van der Waals surface area contributed by atoms with Crippen LogP contribution in [0.4, 0.5) is 5.69 Å². The summed E-state index contributed by atoms with van der Waals surface area (Å²) in [5.41, 5.74) is 3.55. The number of fused-ring (bicyclic) bond motifs is 6. The topological polar surface area (TPSA) is 59.7 Å². The summed E-state index contributed by atoms with van der Waals surface area (Å²) in [6.45, 7) is 2.53. The molecule has 3 heterocycles. The first-order chi connectivity index (χ1) is 14.0. The van der Waals surface area contributed by atoms with E-state index in [0.717, 1.165) is 39.8 Å². The minimum Gasteiger partial charge on any atom is -0.355 e. The summed E-state index contributed by atoms with van der Waals surface area (Å²) >= 11 is 0. The van der Waals surface area contributed by atoms with Crippen LogP contribution in [-0.4, -0.2) is 53.9 Å². The summed E-state index contributed by atoms with van der Waals surface area (Å²) in [6.07, 6.45) is 0.726. The third-order valence-corrected chi connectivity index (χ3v) is 6.11. The summed E-state index contributed by atoms with van der Waals surface area (Å²) in [5.74, 6) is -0.167. The lowest BCUT2D eigenvalue weighted by atomic mass is 9.80. The first-order valence-electron chi connectivity index (χ1n) is 9.90. The molecule has 0 saturated carbocycles. The summed E-state index contributed by atoms with van der Waals surface area (Å²) in [5, 5.41) is 1.13. The number of nitrogens with one attached hydrogen (secondary N) is 1. The molecule has 148 valence electrons. The number of H-pyrrole nitrogens is 1. The van der Waals surface area contributed by atoms with Crippen molar-refractivity contribution in [2.75, 3.05) is 32.2 Å². The quantitative estimate of drug-likeness (QED) is 0.734. The maximum absolute atomic E-state index is 14.1. The van der Waals surface area contributed by atoms with Crippen LogP contribution in [0.2, 0.25) is 0 Å². The number of rotatable bonds is 2. The zero-order chi connectivity index (χ0) is 20.3. The van der Waals surface area contributed by atoms with Gasteiger partial charge in [0.05, 0.1) is 18.1 Å². The fourth-order valence-electron chi connectivity index (χ4n) is 5.05. The summed E-state index contributed by atoms with van der Waals surface area (Å²) < 4.78 is 0. The van der Waals surface area contributed by atoms with Crippen molar-refractivity contribution in [3.05, 3.63) is 65.4 Å². The van der Waals surface area contributed by atoms with Gasteiger partial charge in [-0.15, -0.1) is 0 Å². The van der Waals surface area contributed by atoms with Gasteiger partial charge in [0.1, 0.15) is 0 Å². The molecule has 2 aliphatic rings. The maximum Gasteiger partial charge on any atom is 0.265 e. The molecule has 0 bridgehead atoms. The van der Waals surface area contributed by atoms with Crippen LogP contribution in [0.5, 0.6) is 0 Å². The molecule has 6 heteroatoms. The van der Waals surface area contributed by atoms with E-state index in [9.17, 15) is 9.59 Å². The Bertz CT molecular complexity index is 1150. The molecule has 3 aromatic rings. The second kappa shape index (κ2) is 6.19. The second-order valence-corrected chi connectivity index (χ2v) is 8.13. The summed E-state index contributed by atoms with van der Waals surface area (Å²) in [7, 11) is 3.89. The van der Waals surface area contributed by atoms with Crippen LogP contribution in [0.1, 0.15) is 23.7 Å². The van der Waals surface area contributed by atoms with Crippen LogP contribution in [-0.2, 0) is 21.5 Å². The van der Waals surface area contributed by atoms with E-state index in [4.69, 9.17) is 0 Å². The number of nitrogens with zero attached hydrogens (tertiary/aromatic N) is 3. The van der Waals surface area contributed by atoms with Crippen molar-refractivity contribution >= 4 is 28.4 Å². The van der Waals surface area contributed by atoms with Gasteiger partial charge < -0.3 is 9.88 Å². The average Bonchev–Trinajstić information content (AvgIpc) is 3.19. The predicted octanol–water partition coefficient (Wildman–Crippen LogP) is 2.68. The molecule has 5 rings (SSSR count). The van der Waals surface area contributed by atoms with Crippen LogP contribution in [0.3, 0.4) is 0 Å². The van der Waals surface area contributed by atoms with Gasteiger partial charge in [0.2, 0.25) is 5.91 Å². The molecule has 1 spiro atoms. The van der Waals surface area contributed by atoms with Crippen molar-refractivity contribution in [3.8, 4) is 0 Å². The number of aromatic amines is 1. The Hall–Kier alpha value is -3.12. The van der Waals surface area contributed by atoms with Crippen molar-refractivity contribution in [1.82, 2.24) is 14.8 Å². The smallest absolute Gasteiger partial charge is 0.265 e. The van der Waals surface area contributed by atoms with Gasteiger partial charge in [-0.3, -0.25) is 19.4 Å². The molecule has 0 radical (unpaired) electrons. The lowest BCUT2D eigenvalue weighted by Gasteiger charge is -2.43. The molecular weight excluding hydrogens is 364 g/mol. The van der Waals surface area contributed by atoms with E-state index in [2.05, 4.69) is 11.1 Å². The number of aromatic nitrogens is 1. The largest absolute Gasteiger partial charge is 0.355 e. The fraction of sp³-hybridized carbons (Fsp3) is 0.304. The van der Waals surface area contributed by atoms with E-state index in [1.165, 1.54) is 0 Å². The lowest BCUT2D eigenvalue weighted by molar-refractivity contribution is -0.143. The molecule has 6 nitrogen and oxygen atoms in total. The highest BCUT2D eigenvalue weighted by atomic mass is 16.2. The van der Waals surface area contributed by atoms with E-state index in [1.54, 1.807) is 16.7 Å². The van der Waals surface area contributed by atoms with E-state index in [-0.39, 0.29) is 11.8 Å². The minimum absolute atomic E-state index is 0.0740. The normalized spacial score (nSPS) is 20.6. The molecule has 1 N–H and O–H groups in total. The SMILES string of the molecule is CC(=O)N1CCc2c([nH]c3ccccc23)[C@@]12C(=O)N(CN(C)C)c1ccccc12. The summed E-state index contributed by atoms with van der Waals surface area (Å²) in [6, 6.07) is 16.0. The Kier molecular flexibility index (Phi) is 3.83. The van der Waals surface area contributed by atoms with Crippen molar-refractivity contribution < 1.29 is 9.59 Å². The molecule has 2 amide bonds. The van der Waals surface area contributed by atoms with Gasteiger partial charge in [0.15, 0.2) is 5.54 Å². The number of anilines is 1. The van der Waals surface area contributed by atoms with Gasteiger partial charge in [0.25, 0.3) is 5.91 Å². The first kappa shape index (κ1) is 17.9. The van der Waals surface area contributed by atoms with Crippen molar-refractivity contribution in [3.63, 3.8) is 0 Å². The molecule has 29 heavy (non-hydrogen) atoms. The van der Waals surface area contributed by atoms with Crippen molar-refractivity contribution in [1.29, 1.82) is 0 Å². The van der Waals surface area contributed by atoms with Gasteiger partial charge in [-0.05, 0) is 38.2 Å². The van der Waals surface area contributed by atoms with E-state index in [1.807, 2.05) is 61.5 Å². The van der Waals surface area contributed by atoms with Crippen LogP contribution in [0.25, 0.3) is 10.9 Å². The fourth-order valence-corrected chi connectivity index (χ4v) is 5.05. The number of hydrogen-bond acceptors (Lipinski definition) is 3. The van der Waals surface area contributed by atoms with Crippen LogP contribution in [0, 0.1) is 0 Å². The maximum atomic E-state index is 14.1. The minimum atomic E-state index is -1.15. The number of carbonyl (C=O) groups excluding carboxylic acids is 2. The zero-order valence-corrected chi connectivity index (χ0v) is 16.9. The first-order valence-corrected chi connectivity index (χ1v) is 9.90. The Labute approximate surface area is 169 Å². The van der Waals surface area contributed by atoms with E-state index in [0.29, 0.717) is 13.2 Å². The number of amides is 2. The zero-order valence-electron chi connectivity index (χ0n) is 16.9. The van der Waals surface area contributed by atoms with Crippen molar-refractivity contribution in [2.45, 2.75) is 18.9 Å². The monoisotopic (exact) mass is 388 g/mol. The molecule has 0 saturated heterocycles. The van der Waals surface area contributed by atoms with E-state index >= 15 is 0 Å². The van der Waals surface area contributed by atoms with Gasteiger partial charge in [0, 0.05) is 29.9 Å². The molecular formula is C23H24N4O2. The van der Waals surface area contributed by atoms with E-state index < -0.39 is 5.54 Å². The van der Waals surface area contributed by atoms with Gasteiger partial charge in [-0.25, -0.2) is 0 Å². The molecule has 2 aromatic carbocycles. The third-order valence-electron chi connectivity index (χ3n) is 6.11. The predicted molar refractivity (Wildman–Crippen MR) is 113 cm³/mol. The Balaban J connectivity index is 1.86. The lowest BCUT2D eigenvalue weighted by Crippen LogP contribution is -2.59. The Morgan fingerprint density at radius 1 is 1.14 bits per heavy atom. The van der Waals surface area contributed by atoms with Gasteiger partial charge in [-0.1, -0.05) is 36.4 Å². The molecule has 2 aliphatic heterocycles. The molecule has 1 aromatic heterocycles. The van der Waals surface area contributed by atoms with Crippen molar-refractivity contribution in [2.24, 2.45) is 0 Å². The summed E-state index contributed by atoms with van der Waals surface area (Å²) in [4.78, 5) is 36.0. The number of para-hydroxylation sites is 2. The number of carbonyl (C=O) groups is 2. The second-order valence-electron chi connectivity index (χ2n) is 8.13. The molecule has 0 unspecified atom stereocenters. The van der Waals surface area contributed by atoms with Gasteiger partial charge in [-0.2, -0.15) is 0 Å². The average molecular weight is 388 g/mol. The molecule has 1 atom stereocenters. The number of benzene rings is 2. The molecule has 0 aliphatic carbocycles. The highest BCUT2D eigenvalue weighted by Gasteiger charge is 2.60. The number of hydrogen-bond donors (Lipinski definition) is 1. The Morgan fingerprint density at radius 3 is 2.62 bits per heavy atom. The third kappa shape index (κ3) is 2.26.